The van der Waals surface area contributed by atoms with Crippen molar-refractivity contribution in [3.8, 4) is 0 Å². The van der Waals surface area contributed by atoms with Gasteiger partial charge in [-0.2, -0.15) is 0 Å². The van der Waals surface area contributed by atoms with Crippen LogP contribution in [-0.2, 0) is 15.8 Å². The average molecular weight is 333 g/mol. The van der Waals surface area contributed by atoms with Gasteiger partial charge < -0.3 is 5.11 Å². The maximum absolute atomic E-state index is 12.5. The highest BCUT2D eigenvalue weighted by atomic mass is 32.2. The van der Waals surface area contributed by atoms with Gasteiger partial charge in [-0.3, -0.25) is 0 Å². The first-order valence-electron chi connectivity index (χ1n) is 7.71. The summed E-state index contributed by atoms with van der Waals surface area (Å²) in [7, 11) is -3.46. The first-order chi connectivity index (χ1) is 11.0. The maximum Gasteiger partial charge on any atom is 0.216 e. The molecule has 2 rings (SSSR count). The smallest absolute Gasteiger partial charge is 0.216 e. The maximum atomic E-state index is 12.5. The number of sulfonamides is 1. The summed E-state index contributed by atoms with van der Waals surface area (Å²) < 4.78 is 27.7. The van der Waals surface area contributed by atoms with Gasteiger partial charge in [0.15, 0.2) is 0 Å². The highest BCUT2D eigenvalue weighted by Gasteiger charge is 2.19. The van der Waals surface area contributed by atoms with Crippen LogP contribution >= 0.6 is 0 Å². The minimum atomic E-state index is -3.46. The molecular formula is C18H23NO3S. The van der Waals surface area contributed by atoms with Gasteiger partial charge in [-0.15, -0.1) is 0 Å². The van der Waals surface area contributed by atoms with Crippen molar-refractivity contribution in [1.29, 1.82) is 0 Å². The van der Waals surface area contributed by atoms with E-state index in [-0.39, 0.29) is 18.4 Å². The monoisotopic (exact) mass is 333 g/mol. The molecule has 0 aliphatic carbocycles. The standard InChI is InChI=1S/C18H23NO3S/c1-15-7-5-8-16(13-15)14-23(21,22)19-18(11-6-12-20)17-9-3-2-4-10-17/h2-5,7-10,13,18-20H,6,11-12,14H2,1H3. The number of hydrogen-bond acceptors (Lipinski definition) is 3. The van der Waals surface area contributed by atoms with E-state index in [0.717, 1.165) is 16.7 Å². The summed E-state index contributed by atoms with van der Waals surface area (Å²) in [5, 5.41) is 9.05. The fraction of sp³-hybridized carbons (Fsp3) is 0.333. The molecule has 2 N–H and O–H groups in total. The van der Waals surface area contributed by atoms with E-state index in [2.05, 4.69) is 4.72 Å². The lowest BCUT2D eigenvalue weighted by Crippen LogP contribution is -2.30. The normalized spacial score (nSPS) is 13.0. The third kappa shape index (κ3) is 5.78. The van der Waals surface area contributed by atoms with E-state index in [1.54, 1.807) is 0 Å². The summed E-state index contributed by atoms with van der Waals surface area (Å²) in [5.74, 6) is -0.0445. The van der Waals surface area contributed by atoms with Crippen LogP contribution < -0.4 is 4.72 Å². The van der Waals surface area contributed by atoms with Gasteiger partial charge in [0.1, 0.15) is 0 Å². The number of benzene rings is 2. The molecule has 0 aliphatic heterocycles. The number of aliphatic hydroxyl groups excluding tert-OH is 1. The highest BCUT2D eigenvalue weighted by molar-refractivity contribution is 7.88. The van der Waals surface area contributed by atoms with E-state index in [4.69, 9.17) is 5.11 Å². The van der Waals surface area contributed by atoms with Gasteiger partial charge in [0, 0.05) is 12.6 Å². The minimum Gasteiger partial charge on any atom is -0.396 e. The van der Waals surface area contributed by atoms with Crippen molar-refractivity contribution < 1.29 is 13.5 Å². The van der Waals surface area contributed by atoms with Crippen molar-refractivity contribution in [1.82, 2.24) is 4.72 Å². The predicted molar refractivity (Wildman–Crippen MR) is 92.4 cm³/mol. The molecule has 1 atom stereocenters. The molecule has 0 radical (unpaired) electrons. The molecule has 1 unspecified atom stereocenters. The highest BCUT2D eigenvalue weighted by Crippen LogP contribution is 2.20. The molecule has 4 nitrogen and oxygen atoms in total. The first-order valence-corrected chi connectivity index (χ1v) is 9.37. The zero-order chi connectivity index (χ0) is 16.7. The summed E-state index contributed by atoms with van der Waals surface area (Å²) in [4.78, 5) is 0. The van der Waals surface area contributed by atoms with Crippen molar-refractivity contribution in [2.75, 3.05) is 6.61 Å². The van der Waals surface area contributed by atoms with E-state index in [1.807, 2.05) is 61.5 Å². The zero-order valence-electron chi connectivity index (χ0n) is 13.3. The molecule has 0 bridgehead atoms. The second-order valence-electron chi connectivity index (χ2n) is 5.70. The number of hydrogen-bond donors (Lipinski definition) is 2. The zero-order valence-corrected chi connectivity index (χ0v) is 14.1. The van der Waals surface area contributed by atoms with Crippen molar-refractivity contribution in [3.63, 3.8) is 0 Å². The molecule has 0 saturated carbocycles. The molecule has 0 fully saturated rings. The quantitative estimate of drug-likeness (QED) is 0.780. The lowest BCUT2D eigenvalue weighted by molar-refractivity contribution is 0.278. The molecule has 5 heteroatoms. The Labute approximate surface area is 138 Å². The van der Waals surface area contributed by atoms with Crippen molar-refractivity contribution >= 4 is 10.0 Å². The molecule has 2 aromatic rings. The van der Waals surface area contributed by atoms with Crippen LogP contribution in [0.25, 0.3) is 0 Å². The Morgan fingerprint density at radius 2 is 1.83 bits per heavy atom. The van der Waals surface area contributed by atoms with E-state index in [9.17, 15) is 8.42 Å². The van der Waals surface area contributed by atoms with Gasteiger partial charge in [0.25, 0.3) is 0 Å². The van der Waals surface area contributed by atoms with Crippen LogP contribution in [0, 0.1) is 6.92 Å². The Morgan fingerprint density at radius 1 is 1.09 bits per heavy atom. The van der Waals surface area contributed by atoms with Crippen LogP contribution in [0.4, 0.5) is 0 Å². The molecular weight excluding hydrogens is 310 g/mol. The largest absolute Gasteiger partial charge is 0.396 e. The predicted octanol–water partition coefficient (Wildman–Crippen LogP) is 2.93. The molecule has 23 heavy (non-hydrogen) atoms. The summed E-state index contributed by atoms with van der Waals surface area (Å²) in [6, 6.07) is 16.6. The topological polar surface area (TPSA) is 66.4 Å². The summed E-state index contributed by atoms with van der Waals surface area (Å²) in [5.41, 5.74) is 2.72. The molecule has 124 valence electrons. The SMILES string of the molecule is Cc1cccc(CS(=O)(=O)NC(CCCO)c2ccccc2)c1. The molecule has 0 saturated heterocycles. The van der Waals surface area contributed by atoms with Gasteiger partial charge in [-0.25, -0.2) is 13.1 Å². The van der Waals surface area contributed by atoms with Gasteiger partial charge in [-0.05, 0) is 30.9 Å². The van der Waals surface area contributed by atoms with Gasteiger partial charge in [0.2, 0.25) is 10.0 Å². The minimum absolute atomic E-state index is 0.0445. The Morgan fingerprint density at radius 3 is 2.48 bits per heavy atom. The van der Waals surface area contributed by atoms with Crippen LogP contribution in [0.2, 0.25) is 0 Å². The third-order valence-electron chi connectivity index (χ3n) is 3.61. The fourth-order valence-electron chi connectivity index (χ4n) is 2.55. The van der Waals surface area contributed by atoms with Crippen LogP contribution in [0.15, 0.2) is 54.6 Å². The number of rotatable bonds is 8. The number of aliphatic hydroxyl groups is 1. The number of aryl methyl sites for hydroxylation is 1. The van der Waals surface area contributed by atoms with E-state index >= 15 is 0 Å². The molecule has 0 amide bonds. The molecule has 0 spiro atoms. The van der Waals surface area contributed by atoms with E-state index in [0.29, 0.717) is 12.8 Å². The van der Waals surface area contributed by atoms with Crippen LogP contribution in [-0.4, -0.2) is 20.1 Å². The Bertz CT molecular complexity index is 714. The summed E-state index contributed by atoms with van der Waals surface area (Å²) in [6.45, 7) is 1.99. The molecule has 0 aromatic heterocycles. The lowest BCUT2D eigenvalue weighted by atomic mass is 10.0. The molecule has 2 aromatic carbocycles. The number of nitrogens with one attached hydrogen (secondary N) is 1. The van der Waals surface area contributed by atoms with E-state index < -0.39 is 10.0 Å². The lowest BCUT2D eigenvalue weighted by Gasteiger charge is -2.19. The van der Waals surface area contributed by atoms with Crippen LogP contribution in [0.3, 0.4) is 0 Å². The van der Waals surface area contributed by atoms with E-state index in [1.165, 1.54) is 0 Å². The van der Waals surface area contributed by atoms with Crippen molar-refractivity contribution in [3.05, 3.63) is 71.3 Å². The van der Waals surface area contributed by atoms with Crippen molar-refractivity contribution in [2.24, 2.45) is 0 Å². The van der Waals surface area contributed by atoms with Gasteiger partial charge in [0.05, 0.1) is 5.75 Å². The Kier molecular flexibility index (Phi) is 6.33. The van der Waals surface area contributed by atoms with Crippen molar-refractivity contribution in [2.45, 2.75) is 31.6 Å². The van der Waals surface area contributed by atoms with Crippen LogP contribution in [0.1, 0.15) is 35.6 Å². The molecule has 0 aliphatic rings. The van der Waals surface area contributed by atoms with Gasteiger partial charge in [-0.1, -0.05) is 60.2 Å². The first kappa shape index (κ1) is 17.7. The van der Waals surface area contributed by atoms with Crippen LogP contribution in [0.5, 0.6) is 0 Å². The average Bonchev–Trinajstić information content (AvgIpc) is 2.52. The molecule has 0 heterocycles. The Hall–Kier alpha value is -1.69. The summed E-state index contributed by atoms with van der Waals surface area (Å²) in [6.07, 6.45) is 1.11. The summed E-state index contributed by atoms with van der Waals surface area (Å²) >= 11 is 0. The third-order valence-corrected chi connectivity index (χ3v) is 4.97. The second kappa shape index (κ2) is 8.24. The van der Waals surface area contributed by atoms with Gasteiger partial charge >= 0.3 is 0 Å². The Balaban J connectivity index is 2.14. The fourth-order valence-corrected chi connectivity index (χ4v) is 3.94. The second-order valence-corrected chi connectivity index (χ2v) is 7.45.